The summed E-state index contributed by atoms with van der Waals surface area (Å²) in [5.74, 6) is 1.22. The fourth-order valence-corrected chi connectivity index (χ4v) is 2.18. The first-order chi connectivity index (χ1) is 8.72. The molecule has 0 atom stereocenters. The first-order valence-electron chi connectivity index (χ1n) is 5.97. The number of nitrogens with zero attached hydrogens (tertiary/aromatic N) is 3. The molecule has 1 aromatic heterocycles. The molecule has 2 rings (SSSR count). The molecule has 1 aliphatic heterocycles. The monoisotopic (exact) mass is 269 g/mol. The molecule has 0 amide bonds. The highest BCUT2D eigenvalue weighted by atomic mass is 32.1. The Kier molecular flexibility index (Phi) is 4.68. The molecule has 1 aromatic rings. The Morgan fingerprint density at radius 2 is 1.89 bits per heavy atom. The normalized spacial score (nSPS) is 17.7. The van der Waals surface area contributed by atoms with E-state index in [1.54, 1.807) is 14.2 Å². The molecule has 0 unspecified atom stereocenters. The minimum Gasteiger partial charge on any atom is -0.481 e. The third-order valence-electron chi connectivity index (χ3n) is 3.06. The number of methoxy groups -OCH3 is 2. The van der Waals surface area contributed by atoms with Crippen molar-refractivity contribution in [2.75, 3.05) is 40.4 Å². The van der Waals surface area contributed by atoms with Gasteiger partial charge in [-0.1, -0.05) is 12.8 Å². The van der Waals surface area contributed by atoms with E-state index in [0.29, 0.717) is 11.8 Å². The number of thiol groups is 1. The summed E-state index contributed by atoms with van der Waals surface area (Å²) in [4.78, 5) is 6.67. The van der Waals surface area contributed by atoms with Crippen molar-refractivity contribution in [3.05, 3.63) is 17.7 Å². The van der Waals surface area contributed by atoms with E-state index >= 15 is 0 Å². The Morgan fingerprint density at radius 3 is 2.50 bits per heavy atom. The van der Waals surface area contributed by atoms with Gasteiger partial charge in [-0.15, -0.1) is 0 Å². The summed E-state index contributed by atoms with van der Waals surface area (Å²) in [6, 6.07) is 3.88. The van der Waals surface area contributed by atoms with Crippen LogP contribution in [0.25, 0.3) is 0 Å². The Morgan fingerprint density at radius 1 is 1.17 bits per heavy atom. The fraction of sp³-hybridized carbons (Fsp3) is 0.583. The Labute approximate surface area is 113 Å². The second-order valence-electron chi connectivity index (χ2n) is 4.25. The Hall–Kier alpha value is -0.980. The van der Waals surface area contributed by atoms with Crippen LogP contribution in [0.4, 0.5) is 0 Å². The molecule has 1 aliphatic rings. The van der Waals surface area contributed by atoms with Crippen molar-refractivity contribution in [2.24, 2.45) is 0 Å². The number of rotatable bonds is 4. The van der Waals surface area contributed by atoms with Crippen molar-refractivity contribution < 1.29 is 9.47 Å². The van der Waals surface area contributed by atoms with E-state index in [1.807, 2.05) is 16.4 Å². The van der Waals surface area contributed by atoms with Gasteiger partial charge in [0.2, 0.25) is 11.8 Å². The van der Waals surface area contributed by atoms with E-state index in [-0.39, 0.29) is 0 Å². The number of aromatic nitrogens is 1. The summed E-state index contributed by atoms with van der Waals surface area (Å²) < 4.78 is 12.4. The molecule has 5 nitrogen and oxygen atoms in total. The van der Waals surface area contributed by atoms with Gasteiger partial charge in [-0.2, -0.15) is 4.98 Å². The average molecular weight is 269 g/mol. The van der Waals surface area contributed by atoms with Crippen LogP contribution in [0.3, 0.4) is 0 Å². The molecule has 6 heteroatoms. The van der Waals surface area contributed by atoms with Gasteiger partial charge in [-0.25, -0.2) is 0 Å². The minimum absolute atomic E-state index is 0.579. The molecule has 0 saturated carbocycles. The topological polar surface area (TPSA) is 37.8 Å². The van der Waals surface area contributed by atoms with E-state index in [0.717, 1.165) is 38.3 Å². The van der Waals surface area contributed by atoms with Crippen LogP contribution in [0.1, 0.15) is 5.56 Å². The van der Waals surface area contributed by atoms with Crippen LogP contribution in [0, 0.1) is 0 Å². The quantitative estimate of drug-likeness (QED) is 0.827. The lowest BCUT2D eigenvalue weighted by Gasteiger charge is -2.31. The zero-order chi connectivity index (χ0) is 13.0. The van der Waals surface area contributed by atoms with Gasteiger partial charge in [-0.05, 0) is 6.07 Å². The first-order valence-corrected chi connectivity index (χ1v) is 6.37. The number of pyridine rings is 1. The molecule has 2 heterocycles. The third-order valence-corrected chi connectivity index (χ3v) is 3.46. The molecule has 1 saturated heterocycles. The van der Waals surface area contributed by atoms with Crippen LogP contribution in [0.5, 0.6) is 11.8 Å². The molecule has 100 valence electrons. The molecule has 0 radical (unpaired) electrons. The van der Waals surface area contributed by atoms with Crippen LogP contribution < -0.4 is 9.47 Å². The lowest BCUT2D eigenvalue weighted by atomic mass is 10.2. The summed E-state index contributed by atoms with van der Waals surface area (Å²) in [6.07, 6.45) is 0. The maximum Gasteiger partial charge on any atom is 0.220 e. The van der Waals surface area contributed by atoms with E-state index in [1.165, 1.54) is 0 Å². The minimum atomic E-state index is 0.579. The van der Waals surface area contributed by atoms with Crippen LogP contribution in [0.2, 0.25) is 0 Å². The Bertz CT molecular complexity index is 395. The fourth-order valence-electron chi connectivity index (χ4n) is 2.00. The van der Waals surface area contributed by atoms with E-state index in [9.17, 15) is 0 Å². The van der Waals surface area contributed by atoms with Gasteiger partial charge in [0.25, 0.3) is 0 Å². The zero-order valence-corrected chi connectivity index (χ0v) is 11.7. The SMILES string of the molecule is COc1ccc(CN2CCN(S)CC2)c(OC)n1. The van der Waals surface area contributed by atoms with Crippen molar-refractivity contribution >= 4 is 12.8 Å². The maximum absolute atomic E-state index is 5.31. The predicted octanol–water partition coefficient (Wildman–Crippen LogP) is 1.06. The highest BCUT2D eigenvalue weighted by molar-refractivity contribution is 7.77. The van der Waals surface area contributed by atoms with Gasteiger partial charge in [0.05, 0.1) is 14.2 Å². The highest BCUT2D eigenvalue weighted by Gasteiger charge is 2.17. The molecule has 0 aromatic carbocycles. The van der Waals surface area contributed by atoms with Gasteiger partial charge in [-0.3, -0.25) is 9.21 Å². The first kappa shape index (κ1) is 13.5. The highest BCUT2D eigenvalue weighted by Crippen LogP contribution is 2.21. The average Bonchev–Trinajstić information content (AvgIpc) is 2.41. The van der Waals surface area contributed by atoms with Crippen LogP contribution in [-0.4, -0.2) is 54.6 Å². The molecule has 18 heavy (non-hydrogen) atoms. The molecule has 0 aliphatic carbocycles. The third kappa shape index (κ3) is 3.28. The number of hydrogen-bond donors (Lipinski definition) is 1. The standard InChI is InChI=1S/C12H19N3O2S/c1-16-11-4-3-10(12(13-11)17-2)9-14-5-7-15(18)8-6-14/h3-4,18H,5-9H2,1-2H3. The van der Waals surface area contributed by atoms with Crippen molar-refractivity contribution in [3.8, 4) is 11.8 Å². The van der Waals surface area contributed by atoms with Crippen molar-refractivity contribution in [1.82, 2.24) is 14.2 Å². The van der Waals surface area contributed by atoms with Crippen LogP contribution in [0.15, 0.2) is 12.1 Å². The molecule has 0 bridgehead atoms. The van der Waals surface area contributed by atoms with Gasteiger partial charge >= 0.3 is 0 Å². The summed E-state index contributed by atoms with van der Waals surface area (Å²) in [5.41, 5.74) is 1.09. The second-order valence-corrected chi connectivity index (χ2v) is 4.82. The molecular formula is C12H19N3O2S. The molecular weight excluding hydrogens is 250 g/mol. The van der Waals surface area contributed by atoms with Crippen LogP contribution >= 0.6 is 12.8 Å². The number of ether oxygens (including phenoxy) is 2. The lowest BCUT2D eigenvalue weighted by molar-refractivity contribution is 0.188. The maximum atomic E-state index is 5.31. The zero-order valence-electron chi connectivity index (χ0n) is 10.8. The summed E-state index contributed by atoms with van der Waals surface area (Å²) >= 11 is 4.35. The molecule has 0 spiro atoms. The molecule has 1 fully saturated rings. The van der Waals surface area contributed by atoms with Gasteiger partial charge in [0, 0.05) is 44.4 Å². The van der Waals surface area contributed by atoms with Crippen LogP contribution in [-0.2, 0) is 6.54 Å². The summed E-state index contributed by atoms with van der Waals surface area (Å²) in [6.45, 7) is 4.84. The van der Waals surface area contributed by atoms with E-state index in [2.05, 4.69) is 22.7 Å². The van der Waals surface area contributed by atoms with E-state index in [4.69, 9.17) is 9.47 Å². The van der Waals surface area contributed by atoms with Gasteiger partial charge in [0.15, 0.2) is 0 Å². The van der Waals surface area contributed by atoms with Crippen molar-refractivity contribution in [3.63, 3.8) is 0 Å². The van der Waals surface area contributed by atoms with Gasteiger partial charge < -0.3 is 9.47 Å². The smallest absolute Gasteiger partial charge is 0.220 e. The van der Waals surface area contributed by atoms with Crippen molar-refractivity contribution in [2.45, 2.75) is 6.54 Å². The lowest BCUT2D eigenvalue weighted by Crippen LogP contribution is -2.41. The molecule has 0 N–H and O–H groups in total. The predicted molar refractivity (Wildman–Crippen MR) is 73.2 cm³/mol. The van der Waals surface area contributed by atoms with Crippen molar-refractivity contribution in [1.29, 1.82) is 0 Å². The summed E-state index contributed by atoms with van der Waals surface area (Å²) in [7, 11) is 3.24. The largest absolute Gasteiger partial charge is 0.481 e. The second kappa shape index (κ2) is 6.26. The van der Waals surface area contributed by atoms with Gasteiger partial charge in [0.1, 0.15) is 0 Å². The van der Waals surface area contributed by atoms with E-state index < -0.39 is 0 Å². The number of piperazine rings is 1. The number of hydrogen-bond acceptors (Lipinski definition) is 6. The summed E-state index contributed by atoms with van der Waals surface area (Å²) in [5, 5.41) is 0. The Balaban J connectivity index is 2.04.